The van der Waals surface area contributed by atoms with Crippen LogP contribution >= 0.6 is 0 Å². The number of hydrogen-bond acceptors (Lipinski definition) is 3. The molecule has 3 rings (SSSR count). The maximum absolute atomic E-state index is 13.0. The molecule has 4 nitrogen and oxygen atoms in total. The van der Waals surface area contributed by atoms with Crippen molar-refractivity contribution in [2.75, 3.05) is 7.11 Å². The second-order valence-electron chi connectivity index (χ2n) is 5.77. The number of phenols is 1. The fourth-order valence-corrected chi connectivity index (χ4v) is 2.57. The minimum absolute atomic E-state index is 0.0546. The molecule has 2 N–H and O–H groups in total. The number of benzene rings is 3. The molecule has 0 saturated carbocycles. The van der Waals surface area contributed by atoms with Crippen LogP contribution in [0.1, 0.15) is 15.9 Å². The summed E-state index contributed by atoms with van der Waals surface area (Å²) in [6, 6.07) is 18.2. The third-order valence-corrected chi connectivity index (χ3v) is 4.02. The van der Waals surface area contributed by atoms with E-state index < -0.39 is 0 Å². The number of ether oxygens (including phenoxy) is 1. The van der Waals surface area contributed by atoms with E-state index in [4.69, 9.17) is 4.74 Å². The molecule has 0 spiro atoms. The summed E-state index contributed by atoms with van der Waals surface area (Å²) in [4.78, 5) is 12.3. The van der Waals surface area contributed by atoms with Crippen molar-refractivity contribution in [3.05, 3.63) is 83.7 Å². The van der Waals surface area contributed by atoms with Crippen molar-refractivity contribution in [2.45, 2.75) is 6.54 Å². The molecule has 132 valence electrons. The average Bonchev–Trinajstić information content (AvgIpc) is 2.68. The third-order valence-electron chi connectivity index (χ3n) is 4.02. The van der Waals surface area contributed by atoms with Crippen LogP contribution in [0, 0.1) is 5.82 Å². The summed E-state index contributed by atoms with van der Waals surface area (Å²) in [7, 11) is 1.47. The number of methoxy groups -OCH3 is 1. The number of hydrogen-bond donors (Lipinski definition) is 2. The Balaban J connectivity index is 1.65. The van der Waals surface area contributed by atoms with Crippen LogP contribution in [-0.2, 0) is 6.54 Å². The van der Waals surface area contributed by atoms with Gasteiger partial charge in [0.1, 0.15) is 5.82 Å². The van der Waals surface area contributed by atoms with E-state index in [0.29, 0.717) is 17.9 Å². The molecule has 0 saturated heterocycles. The monoisotopic (exact) mass is 351 g/mol. The van der Waals surface area contributed by atoms with Crippen molar-refractivity contribution < 1.29 is 19.0 Å². The first kappa shape index (κ1) is 17.5. The summed E-state index contributed by atoms with van der Waals surface area (Å²) in [6.07, 6.45) is 0. The second kappa shape index (κ2) is 7.70. The molecule has 3 aromatic carbocycles. The average molecular weight is 351 g/mol. The molecule has 0 atom stereocenters. The molecule has 5 heteroatoms. The Morgan fingerprint density at radius 1 is 1.00 bits per heavy atom. The third kappa shape index (κ3) is 4.00. The Labute approximate surface area is 150 Å². The molecule has 26 heavy (non-hydrogen) atoms. The molecule has 0 unspecified atom stereocenters. The molecule has 0 aliphatic heterocycles. The van der Waals surface area contributed by atoms with Gasteiger partial charge < -0.3 is 15.2 Å². The van der Waals surface area contributed by atoms with Crippen LogP contribution in [0.15, 0.2) is 66.7 Å². The molecule has 0 fully saturated rings. The lowest BCUT2D eigenvalue weighted by Gasteiger charge is -2.09. The molecule has 0 radical (unpaired) electrons. The number of carbonyl (C=O) groups excluding carboxylic acids is 1. The van der Waals surface area contributed by atoms with E-state index in [-0.39, 0.29) is 17.5 Å². The Hall–Kier alpha value is -3.34. The Bertz CT molecular complexity index is 906. The Morgan fingerprint density at radius 2 is 1.62 bits per heavy atom. The van der Waals surface area contributed by atoms with E-state index in [1.54, 1.807) is 36.4 Å². The van der Waals surface area contributed by atoms with Gasteiger partial charge in [0.2, 0.25) is 0 Å². The van der Waals surface area contributed by atoms with Gasteiger partial charge >= 0.3 is 0 Å². The highest BCUT2D eigenvalue weighted by atomic mass is 19.1. The highest BCUT2D eigenvalue weighted by Gasteiger charge is 2.08. The quantitative estimate of drug-likeness (QED) is 0.726. The topological polar surface area (TPSA) is 58.6 Å². The van der Waals surface area contributed by atoms with Gasteiger partial charge in [0.25, 0.3) is 5.91 Å². The largest absolute Gasteiger partial charge is 0.504 e. The van der Waals surface area contributed by atoms with Crippen molar-refractivity contribution in [3.63, 3.8) is 0 Å². The number of amides is 1. The lowest BCUT2D eigenvalue weighted by Crippen LogP contribution is -2.22. The van der Waals surface area contributed by atoms with Crippen molar-refractivity contribution >= 4 is 5.91 Å². The molecule has 3 aromatic rings. The Morgan fingerprint density at radius 3 is 2.23 bits per heavy atom. The molecule has 0 heterocycles. The van der Waals surface area contributed by atoms with Crippen molar-refractivity contribution in [1.29, 1.82) is 0 Å². The smallest absolute Gasteiger partial charge is 0.251 e. The van der Waals surface area contributed by atoms with Gasteiger partial charge in [-0.25, -0.2) is 4.39 Å². The van der Waals surface area contributed by atoms with Gasteiger partial charge in [0, 0.05) is 12.1 Å². The number of phenolic OH excluding ortho intramolecular Hbond substituents is 1. The fourth-order valence-electron chi connectivity index (χ4n) is 2.57. The van der Waals surface area contributed by atoms with E-state index in [9.17, 15) is 14.3 Å². The summed E-state index contributed by atoms with van der Waals surface area (Å²) < 4.78 is 18.0. The Kier molecular flexibility index (Phi) is 5.17. The highest BCUT2D eigenvalue weighted by molar-refractivity contribution is 5.94. The molecular weight excluding hydrogens is 333 g/mol. The van der Waals surface area contributed by atoms with Crippen LogP contribution in [0.4, 0.5) is 4.39 Å². The van der Waals surface area contributed by atoms with Gasteiger partial charge in [-0.1, -0.05) is 30.3 Å². The zero-order valence-electron chi connectivity index (χ0n) is 14.2. The lowest BCUT2D eigenvalue weighted by atomic mass is 10.0. The first-order valence-electron chi connectivity index (χ1n) is 8.07. The molecule has 0 aliphatic carbocycles. The SMILES string of the molecule is COc1cc(CNC(=O)c2ccc(-c3ccc(F)cc3)cc2)ccc1O. The summed E-state index contributed by atoms with van der Waals surface area (Å²) >= 11 is 0. The van der Waals surface area contributed by atoms with E-state index in [1.807, 2.05) is 12.1 Å². The van der Waals surface area contributed by atoms with Gasteiger partial charge in [-0.05, 0) is 53.1 Å². The predicted molar refractivity (Wildman–Crippen MR) is 97.7 cm³/mol. The van der Waals surface area contributed by atoms with Gasteiger partial charge in [0.05, 0.1) is 7.11 Å². The van der Waals surface area contributed by atoms with Crippen LogP contribution in [0.25, 0.3) is 11.1 Å². The molecule has 1 amide bonds. The first-order chi connectivity index (χ1) is 12.6. The zero-order valence-corrected chi connectivity index (χ0v) is 14.2. The van der Waals surface area contributed by atoms with Crippen molar-refractivity contribution in [3.8, 4) is 22.6 Å². The highest BCUT2D eigenvalue weighted by Crippen LogP contribution is 2.26. The molecule has 0 aromatic heterocycles. The van der Waals surface area contributed by atoms with E-state index in [1.165, 1.54) is 25.3 Å². The summed E-state index contributed by atoms with van der Waals surface area (Å²) in [5.74, 6) is -0.0716. The number of carbonyl (C=O) groups is 1. The van der Waals surface area contributed by atoms with Crippen molar-refractivity contribution in [1.82, 2.24) is 5.32 Å². The molecular formula is C21H18FNO3. The van der Waals surface area contributed by atoms with E-state index in [2.05, 4.69) is 5.32 Å². The number of aromatic hydroxyl groups is 1. The minimum atomic E-state index is -0.282. The summed E-state index contributed by atoms with van der Waals surface area (Å²) in [5.41, 5.74) is 3.14. The zero-order chi connectivity index (χ0) is 18.5. The maximum atomic E-state index is 13.0. The maximum Gasteiger partial charge on any atom is 0.251 e. The van der Waals surface area contributed by atoms with E-state index >= 15 is 0 Å². The second-order valence-corrected chi connectivity index (χ2v) is 5.77. The first-order valence-corrected chi connectivity index (χ1v) is 8.07. The summed E-state index contributed by atoms with van der Waals surface area (Å²) in [6.45, 7) is 0.315. The normalized spacial score (nSPS) is 10.4. The van der Waals surface area contributed by atoms with Gasteiger partial charge in [0.15, 0.2) is 11.5 Å². The van der Waals surface area contributed by atoms with Crippen LogP contribution in [-0.4, -0.2) is 18.1 Å². The number of nitrogens with one attached hydrogen (secondary N) is 1. The van der Waals surface area contributed by atoms with Crippen LogP contribution in [0.2, 0.25) is 0 Å². The summed E-state index contributed by atoms with van der Waals surface area (Å²) in [5, 5.41) is 12.4. The van der Waals surface area contributed by atoms with Crippen molar-refractivity contribution in [2.24, 2.45) is 0 Å². The minimum Gasteiger partial charge on any atom is -0.504 e. The standard InChI is InChI=1S/C21H18FNO3/c1-26-20-12-14(2-11-19(20)24)13-23-21(25)17-5-3-15(4-6-17)16-7-9-18(22)10-8-16/h2-12,24H,13H2,1H3,(H,23,25). The number of halogens is 1. The van der Waals surface area contributed by atoms with Crippen LogP contribution in [0.5, 0.6) is 11.5 Å². The van der Waals surface area contributed by atoms with Crippen LogP contribution < -0.4 is 10.1 Å². The van der Waals surface area contributed by atoms with Gasteiger partial charge in [-0.2, -0.15) is 0 Å². The lowest BCUT2D eigenvalue weighted by molar-refractivity contribution is 0.0951. The fraction of sp³-hybridized carbons (Fsp3) is 0.0952. The molecule has 0 aliphatic rings. The van der Waals surface area contributed by atoms with E-state index in [0.717, 1.165) is 16.7 Å². The predicted octanol–water partition coefficient (Wildman–Crippen LogP) is 4.14. The number of rotatable bonds is 5. The molecule has 0 bridgehead atoms. The van der Waals surface area contributed by atoms with Gasteiger partial charge in [-0.15, -0.1) is 0 Å². The van der Waals surface area contributed by atoms with Gasteiger partial charge in [-0.3, -0.25) is 4.79 Å². The van der Waals surface area contributed by atoms with Crippen LogP contribution in [0.3, 0.4) is 0 Å².